The van der Waals surface area contributed by atoms with Crippen LogP contribution >= 0.6 is 0 Å². The Labute approximate surface area is 118 Å². The van der Waals surface area contributed by atoms with E-state index < -0.39 is 0 Å². The first-order valence-corrected chi connectivity index (χ1v) is 6.89. The fraction of sp³-hybridized carbons (Fsp3) is 0.400. The Morgan fingerprint density at radius 3 is 2.80 bits per heavy atom. The van der Waals surface area contributed by atoms with E-state index in [0.717, 1.165) is 18.5 Å². The molecule has 1 amide bonds. The highest BCUT2D eigenvalue weighted by Crippen LogP contribution is 2.21. The molecule has 2 rings (SSSR count). The molecule has 0 aromatic heterocycles. The van der Waals surface area contributed by atoms with E-state index in [1.807, 2.05) is 0 Å². The third-order valence-electron chi connectivity index (χ3n) is 3.38. The average Bonchev–Trinajstić information content (AvgIpc) is 2.46. The standard InChI is InChI=1S/C15H20FN3O/c1-11-4-2-3-5-14(11)18-19-15(20)10-17-13-8-6-12(16)7-9-13/h5-9,11,17-18H,2-4,10H2,1H3,(H,19,20)/t11-/m1/s1. The van der Waals surface area contributed by atoms with Crippen LogP contribution < -0.4 is 16.2 Å². The Hall–Kier alpha value is -2.04. The highest BCUT2D eigenvalue weighted by atomic mass is 19.1. The molecule has 4 nitrogen and oxygen atoms in total. The van der Waals surface area contributed by atoms with Crippen LogP contribution in [0, 0.1) is 11.7 Å². The quantitative estimate of drug-likeness (QED) is 0.725. The Kier molecular flexibility index (Phi) is 4.98. The van der Waals surface area contributed by atoms with Gasteiger partial charge in [0.15, 0.2) is 0 Å². The van der Waals surface area contributed by atoms with Gasteiger partial charge in [0.05, 0.1) is 6.54 Å². The molecule has 1 aliphatic carbocycles. The molecule has 1 atom stereocenters. The van der Waals surface area contributed by atoms with Crippen molar-refractivity contribution in [1.82, 2.24) is 10.9 Å². The highest BCUT2D eigenvalue weighted by Gasteiger charge is 2.13. The topological polar surface area (TPSA) is 53.2 Å². The summed E-state index contributed by atoms with van der Waals surface area (Å²) >= 11 is 0. The number of anilines is 1. The number of nitrogens with one attached hydrogen (secondary N) is 3. The Morgan fingerprint density at radius 2 is 2.10 bits per heavy atom. The lowest BCUT2D eigenvalue weighted by Crippen LogP contribution is -2.41. The number of allylic oxidation sites excluding steroid dienone is 2. The van der Waals surface area contributed by atoms with Gasteiger partial charge in [0.1, 0.15) is 5.82 Å². The maximum atomic E-state index is 12.7. The van der Waals surface area contributed by atoms with Crippen molar-refractivity contribution in [3.63, 3.8) is 0 Å². The summed E-state index contributed by atoms with van der Waals surface area (Å²) in [5.74, 6) is 0.00185. The Morgan fingerprint density at radius 1 is 1.35 bits per heavy atom. The molecular weight excluding hydrogens is 257 g/mol. The number of hydrogen-bond acceptors (Lipinski definition) is 3. The maximum Gasteiger partial charge on any atom is 0.257 e. The molecule has 0 unspecified atom stereocenters. The van der Waals surface area contributed by atoms with Crippen molar-refractivity contribution in [1.29, 1.82) is 0 Å². The molecule has 1 aromatic carbocycles. The van der Waals surface area contributed by atoms with Gasteiger partial charge in [-0.3, -0.25) is 10.2 Å². The molecule has 108 valence electrons. The van der Waals surface area contributed by atoms with Crippen LogP contribution in [0.3, 0.4) is 0 Å². The van der Waals surface area contributed by atoms with E-state index in [9.17, 15) is 9.18 Å². The van der Waals surface area contributed by atoms with Crippen molar-refractivity contribution in [3.8, 4) is 0 Å². The molecule has 0 bridgehead atoms. The fourth-order valence-corrected chi connectivity index (χ4v) is 2.15. The molecule has 0 spiro atoms. The largest absolute Gasteiger partial charge is 0.376 e. The summed E-state index contributed by atoms with van der Waals surface area (Å²) in [6.07, 6.45) is 5.52. The van der Waals surface area contributed by atoms with Crippen LogP contribution in [-0.2, 0) is 4.79 Å². The number of rotatable bonds is 5. The van der Waals surface area contributed by atoms with Gasteiger partial charge >= 0.3 is 0 Å². The third-order valence-corrected chi connectivity index (χ3v) is 3.38. The zero-order chi connectivity index (χ0) is 14.4. The maximum absolute atomic E-state index is 12.7. The number of halogens is 1. The fourth-order valence-electron chi connectivity index (χ4n) is 2.15. The SMILES string of the molecule is C[C@@H]1CCCC=C1NNC(=O)CNc1ccc(F)cc1. The predicted octanol–water partition coefficient (Wildman–Crippen LogP) is 2.56. The van der Waals surface area contributed by atoms with Gasteiger partial charge in [0.2, 0.25) is 0 Å². The predicted molar refractivity (Wildman–Crippen MR) is 77.3 cm³/mol. The molecule has 3 N–H and O–H groups in total. The normalized spacial score (nSPS) is 18.1. The highest BCUT2D eigenvalue weighted by molar-refractivity contribution is 5.80. The van der Waals surface area contributed by atoms with Gasteiger partial charge in [0.25, 0.3) is 5.91 Å². The summed E-state index contributed by atoms with van der Waals surface area (Å²) < 4.78 is 12.7. The molecule has 0 fully saturated rings. The van der Waals surface area contributed by atoms with E-state index in [1.54, 1.807) is 12.1 Å². The molecule has 1 aliphatic rings. The summed E-state index contributed by atoms with van der Waals surface area (Å²) in [5.41, 5.74) is 7.44. The lowest BCUT2D eigenvalue weighted by atomic mass is 9.94. The van der Waals surface area contributed by atoms with Gasteiger partial charge in [-0.25, -0.2) is 4.39 Å². The van der Waals surface area contributed by atoms with Crippen LogP contribution in [0.4, 0.5) is 10.1 Å². The minimum Gasteiger partial charge on any atom is -0.376 e. The monoisotopic (exact) mass is 277 g/mol. The lowest BCUT2D eigenvalue weighted by molar-refractivity contribution is -0.120. The van der Waals surface area contributed by atoms with Crippen LogP contribution in [0.5, 0.6) is 0 Å². The van der Waals surface area contributed by atoms with Crippen molar-refractivity contribution < 1.29 is 9.18 Å². The molecule has 1 aromatic rings. The first-order valence-electron chi connectivity index (χ1n) is 6.89. The van der Waals surface area contributed by atoms with E-state index in [2.05, 4.69) is 29.2 Å². The summed E-state index contributed by atoms with van der Waals surface area (Å²) in [4.78, 5) is 11.7. The van der Waals surface area contributed by atoms with Crippen LogP contribution in [-0.4, -0.2) is 12.5 Å². The first-order chi connectivity index (χ1) is 9.65. The van der Waals surface area contributed by atoms with Crippen molar-refractivity contribution in [2.75, 3.05) is 11.9 Å². The van der Waals surface area contributed by atoms with Crippen molar-refractivity contribution in [3.05, 3.63) is 41.9 Å². The number of benzene rings is 1. The van der Waals surface area contributed by atoms with Gasteiger partial charge in [-0.1, -0.05) is 13.0 Å². The number of hydrogen-bond donors (Lipinski definition) is 3. The molecule has 0 heterocycles. The average molecular weight is 277 g/mol. The van der Waals surface area contributed by atoms with Gasteiger partial charge in [-0.2, -0.15) is 0 Å². The minimum absolute atomic E-state index is 0.139. The van der Waals surface area contributed by atoms with E-state index in [-0.39, 0.29) is 18.3 Å². The summed E-state index contributed by atoms with van der Waals surface area (Å²) in [5, 5.41) is 2.93. The number of amides is 1. The minimum atomic E-state index is -0.292. The van der Waals surface area contributed by atoms with Crippen LogP contribution in [0.25, 0.3) is 0 Å². The number of hydrazine groups is 1. The summed E-state index contributed by atoms with van der Waals surface area (Å²) in [6.45, 7) is 2.28. The molecule has 0 radical (unpaired) electrons. The van der Waals surface area contributed by atoms with Gasteiger partial charge in [-0.15, -0.1) is 0 Å². The molecular formula is C15H20FN3O. The van der Waals surface area contributed by atoms with E-state index >= 15 is 0 Å². The molecule has 0 aliphatic heterocycles. The Balaban J connectivity index is 1.73. The second-order valence-corrected chi connectivity index (χ2v) is 5.03. The van der Waals surface area contributed by atoms with Crippen molar-refractivity contribution in [2.24, 2.45) is 5.92 Å². The molecule has 20 heavy (non-hydrogen) atoms. The zero-order valence-electron chi connectivity index (χ0n) is 11.6. The van der Waals surface area contributed by atoms with Gasteiger partial charge < -0.3 is 10.7 Å². The Bertz CT molecular complexity index is 484. The van der Waals surface area contributed by atoms with E-state index in [4.69, 9.17) is 0 Å². The number of carbonyl (C=O) groups is 1. The van der Waals surface area contributed by atoms with E-state index in [0.29, 0.717) is 11.6 Å². The molecule has 0 saturated carbocycles. The first kappa shape index (κ1) is 14.4. The lowest BCUT2D eigenvalue weighted by Gasteiger charge is -2.22. The van der Waals surface area contributed by atoms with Crippen LogP contribution in [0.2, 0.25) is 0 Å². The zero-order valence-corrected chi connectivity index (χ0v) is 11.6. The number of carbonyl (C=O) groups excluding carboxylic acids is 1. The van der Waals surface area contributed by atoms with Gasteiger partial charge in [0, 0.05) is 11.4 Å². The third kappa shape index (κ3) is 4.26. The van der Waals surface area contributed by atoms with Crippen LogP contribution in [0.15, 0.2) is 36.0 Å². The van der Waals surface area contributed by atoms with E-state index in [1.165, 1.54) is 18.6 Å². The summed E-state index contributed by atoms with van der Waals surface area (Å²) in [6, 6.07) is 5.91. The second-order valence-electron chi connectivity index (χ2n) is 5.03. The van der Waals surface area contributed by atoms with Crippen LogP contribution in [0.1, 0.15) is 26.2 Å². The van der Waals surface area contributed by atoms with Crippen molar-refractivity contribution >= 4 is 11.6 Å². The second kappa shape index (κ2) is 6.93. The van der Waals surface area contributed by atoms with Crippen molar-refractivity contribution in [2.45, 2.75) is 26.2 Å². The molecule has 0 saturated heterocycles. The summed E-state index contributed by atoms with van der Waals surface area (Å²) in [7, 11) is 0. The molecule has 5 heteroatoms. The van der Waals surface area contributed by atoms with Gasteiger partial charge in [-0.05, 0) is 49.4 Å². The smallest absolute Gasteiger partial charge is 0.257 e.